The topological polar surface area (TPSA) is 87.7 Å². The van der Waals surface area contributed by atoms with Crippen molar-refractivity contribution in [3.05, 3.63) is 0 Å². The van der Waals surface area contributed by atoms with Gasteiger partial charge in [0.1, 0.15) is 0 Å². The van der Waals surface area contributed by atoms with Crippen molar-refractivity contribution in [2.45, 2.75) is 19.3 Å². The molecular formula is C7H15N3O2S. The molecule has 0 bridgehead atoms. The quantitative estimate of drug-likeness (QED) is 0.213. The number of aliphatic imine (C=N–C) groups is 1. The zero-order valence-electron chi connectivity index (χ0n) is 7.36. The van der Waals surface area contributed by atoms with E-state index in [9.17, 15) is 4.79 Å². The predicted molar refractivity (Wildman–Crippen MR) is 55.0 cm³/mol. The van der Waals surface area contributed by atoms with E-state index in [1.165, 1.54) is 0 Å². The lowest BCUT2D eigenvalue weighted by atomic mass is 10.2. The van der Waals surface area contributed by atoms with Crippen LogP contribution in [-0.4, -0.2) is 29.5 Å². The van der Waals surface area contributed by atoms with Crippen LogP contribution in [0.3, 0.4) is 0 Å². The Morgan fingerprint density at radius 1 is 1.54 bits per heavy atom. The lowest BCUT2D eigenvalue weighted by molar-refractivity contribution is -0.137. The van der Waals surface area contributed by atoms with Gasteiger partial charge in [-0.1, -0.05) is 0 Å². The van der Waals surface area contributed by atoms with Crippen LogP contribution >= 0.6 is 12.6 Å². The lowest BCUT2D eigenvalue weighted by Crippen LogP contribution is -2.32. The summed E-state index contributed by atoms with van der Waals surface area (Å²) in [6.45, 7) is 0.649. The number of nitrogens with two attached hydrogens (primary N) is 1. The number of rotatable bonds is 6. The minimum atomic E-state index is -0.767. The van der Waals surface area contributed by atoms with E-state index >= 15 is 0 Å². The van der Waals surface area contributed by atoms with Crippen LogP contribution in [0, 0.1) is 0 Å². The Kier molecular flexibility index (Phi) is 7.18. The van der Waals surface area contributed by atoms with Crippen molar-refractivity contribution in [1.82, 2.24) is 5.32 Å². The maximum absolute atomic E-state index is 10.1. The molecule has 0 saturated carbocycles. The number of unbranched alkanes of at least 4 members (excludes halogenated alkanes) is 1. The first-order chi connectivity index (χ1) is 6.16. The molecule has 0 fully saturated rings. The second kappa shape index (κ2) is 7.72. The van der Waals surface area contributed by atoms with Crippen molar-refractivity contribution < 1.29 is 9.90 Å². The van der Waals surface area contributed by atoms with Crippen LogP contribution in [-0.2, 0) is 4.79 Å². The number of thiol groups is 1. The molecule has 0 aliphatic rings. The van der Waals surface area contributed by atoms with Crippen LogP contribution in [0.2, 0.25) is 0 Å². The molecule has 0 saturated heterocycles. The molecule has 0 aromatic heterocycles. The highest BCUT2D eigenvalue weighted by molar-refractivity contribution is 7.80. The van der Waals surface area contributed by atoms with Gasteiger partial charge in [0.2, 0.25) is 0 Å². The van der Waals surface area contributed by atoms with Crippen molar-refractivity contribution in [1.29, 1.82) is 0 Å². The minimum absolute atomic E-state index is 0.200. The largest absolute Gasteiger partial charge is 0.481 e. The highest BCUT2D eigenvalue weighted by atomic mass is 32.1. The van der Waals surface area contributed by atoms with Gasteiger partial charge in [0.05, 0.1) is 5.88 Å². The summed E-state index contributed by atoms with van der Waals surface area (Å²) in [6.07, 6.45) is 1.62. The highest BCUT2D eigenvalue weighted by Crippen LogP contribution is 1.92. The molecule has 0 amide bonds. The molecule has 5 nitrogen and oxygen atoms in total. The molecule has 0 atom stereocenters. The zero-order chi connectivity index (χ0) is 10.1. The van der Waals surface area contributed by atoms with Gasteiger partial charge in [-0.05, 0) is 12.8 Å². The fraction of sp³-hybridized carbons (Fsp3) is 0.714. The van der Waals surface area contributed by atoms with Crippen molar-refractivity contribution in [3.63, 3.8) is 0 Å². The molecule has 6 heteroatoms. The Balaban J connectivity index is 3.25. The Morgan fingerprint density at radius 3 is 2.77 bits per heavy atom. The SMILES string of the molecule is NC(=NCS)NCCCCC(=O)O. The second-order valence-electron chi connectivity index (χ2n) is 2.46. The first kappa shape index (κ1) is 12.1. The third-order valence-corrected chi connectivity index (χ3v) is 1.51. The van der Waals surface area contributed by atoms with Gasteiger partial charge >= 0.3 is 5.97 Å². The van der Waals surface area contributed by atoms with Gasteiger partial charge in [0.25, 0.3) is 0 Å². The summed E-state index contributed by atoms with van der Waals surface area (Å²) in [5.41, 5.74) is 5.40. The third-order valence-electron chi connectivity index (χ3n) is 1.36. The van der Waals surface area contributed by atoms with E-state index in [-0.39, 0.29) is 6.42 Å². The Morgan fingerprint density at radius 2 is 2.23 bits per heavy atom. The molecule has 0 heterocycles. The van der Waals surface area contributed by atoms with Crippen molar-refractivity contribution >= 4 is 24.6 Å². The van der Waals surface area contributed by atoms with E-state index in [0.717, 1.165) is 6.42 Å². The number of nitrogens with zero attached hydrogens (tertiary/aromatic N) is 1. The maximum atomic E-state index is 10.1. The molecule has 0 unspecified atom stereocenters. The van der Waals surface area contributed by atoms with Gasteiger partial charge in [-0.15, -0.1) is 0 Å². The third kappa shape index (κ3) is 9.00. The van der Waals surface area contributed by atoms with Gasteiger partial charge in [-0.2, -0.15) is 12.6 Å². The maximum Gasteiger partial charge on any atom is 0.303 e. The van der Waals surface area contributed by atoms with Crippen LogP contribution in [0.15, 0.2) is 4.99 Å². The number of hydrogen-bond acceptors (Lipinski definition) is 3. The monoisotopic (exact) mass is 205 g/mol. The second-order valence-corrected chi connectivity index (χ2v) is 2.75. The van der Waals surface area contributed by atoms with Crippen LogP contribution in [0.1, 0.15) is 19.3 Å². The number of hydrogen-bond donors (Lipinski definition) is 4. The van der Waals surface area contributed by atoms with E-state index in [4.69, 9.17) is 10.8 Å². The summed E-state index contributed by atoms with van der Waals surface area (Å²) in [6, 6.07) is 0. The van der Waals surface area contributed by atoms with Crippen molar-refractivity contribution in [2.24, 2.45) is 10.7 Å². The molecular weight excluding hydrogens is 190 g/mol. The lowest BCUT2D eigenvalue weighted by Gasteiger charge is -2.03. The Hall–Kier alpha value is -0.910. The van der Waals surface area contributed by atoms with Gasteiger partial charge in [0.15, 0.2) is 5.96 Å². The summed E-state index contributed by atoms with van der Waals surface area (Å²) < 4.78 is 0. The first-order valence-corrected chi connectivity index (χ1v) is 4.66. The summed E-state index contributed by atoms with van der Waals surface area (Å²) in [4.78, 5) is 13.9. The van der Waals surface area contributed by atoms with E-state index in [1.54, 1.807) is 0 Å². The number of guanidine groups is 1. The summed E-state index contributed by atoms with van der Waals surface area (Å²) in [7, 11) is 0. The predicted octanol–water partition coefficient (Wildman–Crippen LogP) is 0.0329. The molecule has 0 radical (unpaired) electrons. The first-order valence-electron chi connectivity index (χ1n) is 4.03. The minimum Gasteiger partial charge on any atom is -0.481 e. The molecule has 0 aromatic rings. The molecule has 4 N–H and O–H groups in total. The fourth-order valence-corrected chi connectivity index (χ4v) is 0.902. The smallest absolute Gasteiger partial charge is 0.303 e. The van der Waals surface area contributed by atoms with E-state index in [0.29, 0.717) is 24.8 Å². The standard InChI is InChI=1S/C7H15N3O2S/c8-7(10-5-13)9-4-2-1-3-6(11)12/h13H,1-5H2,(H,11,12)(H3,8,9,10). The molecule has 76 valence electrons. The normalized spacial score (nSPS) is 11.3. The van der Waals surface area contributed by atoms with E-state index in [1.807, 2.05) is 0 Å². The van der Waals surface area contributed by atoms with Crippen LogP contribution in [0.5, 0.6) is 0 Å². The molecule has 0 aliphatic carbocycles. The molecule has 0 spiro atoms. The zero-order valence-corrected chi connectivity index (χ0v) is 8.26. The summed E-state index contributed by atoms with van der Waals surface area (Å²) in [5, 5.41) is 11.2. The van der Waals surface area contributed by atoms with Crippen molar-refractivity contribution in [3.8, 4) is 0 Å². The average Bonchev–Trinajstić information content (AvgIpc) is 2.03. The number of carboxylic acids is 1. The molecule has 13 heavy (non-hydrogen) atoms. The number of carbonyl (C=O) groups is 1. The number of nitrogens with one attached hydrogen (secondary N) is 1. The van der Waals surface area contributed by atoms with E-state index in [2.05, 4.69) is 22.9 Å². The summed E-state index contributed by atoms with van der Waals surface area (Å²) in [5.74, 6) is -0.0594. The Bertz CT molecular complexity index is 185. The van der Waals surface area contributed by atoms with Crippen LogP contribution in [0.25, 0.3) is 0 Å². The van der Waals surface area contributed by atoms with Gasteiger partial charge < -0.3 is 16.2 Å². The fourth-order valence-electron chi connectivity index (χ4n) is 0.750. The average molecular weight is 205 g/mol. The van der Waals surface area contributed by atoms with Crippen molar-refractivity contribution in [2.75, 3.05) is 12.4 Å². The van der Waals surface area contributed by atoms with Crippen LogP contribution in [0.4, 0.5) is 0 Å². The molecule has 0 rings (SSSR count). The van der Waals surface area contributed by atoms with Gasteiger partial charge in [-0.25, -0.2) is 4.99 Å². The van der Waals surface area contributed by atoms with Gasteiger partial charge in [0, 0.05) is 13.0 Å². The van der Waals surface area contributed by atoms with Gasteiger partial charge in [-0.3, -0.25) is 4.79 Å². The number of aliphatic carboxylic acids is 1. The highest BCUT2D eigenvalue weighted by Gasteiger charge is 1.96. The summed E-state index contributed by atoms with van der Waals surface area (Å²) >= 11 is 3.87. The Labute approximate surface area is 82.8 Å². The number of carboxylic acid groups (broad SMARTS) is 1. The van der Waals surface area contributed by atoms with E-state index < -0.39 is 5.97 Å². The van der Waals surface area contributed by atoms with Crippen LogP contribution < -0.4 is 11.1 Å². The molecule has 0 aliphatic heterocycles. The molecule has 0 aromatic carbocycles.